The third kappa shape index (κ3) is 3.22. The van der Waals surface area contributed by atoms with Gasteiger partial charge in [-0.15, -0.1) is 0 Å². The Bertz CT molecular complexity index is 490. The van der Waals surface area contributed by atoms with Gasteiger partial charge in [0.25, 0.3) is 0 Å². The summed E-state index contributed by atoms with van der Waals surface area (Å²) >= 11 is 6.00. The predicted molar refractivity (Wildman–Crippen MR) is 71.0 cm³/mol. The minimum Gasteiger partial charge on any atom is -0.491 e. The van der Waals surface area contributed by atoms with E-state index in [4.69, 9.17) is 16.3 Å². The van der Waals surface area contributed by atoms with E-state index >= 15 is 0 Å². The smallest absolute Gasteiger partial charge is 0.137 e. The molecule has 4 heteroatoms. The summed E-state index contributed by atoms with van der Waals surface area (Å²) in [5.74, 6) is 0.552. The highest BCUT2D eigenvalue weighted by Crippen LogP contribution is 2.25. The molecule has 1 N–H and O–H groups in total. The molecule has 2 rings (SSSR count). The van der Waals surface area contributed by atoms with Crippen LogP contribution in [-0.4, -0.2) is 23.3 Å². The fourth-order valence-corrected chi connectivity index (χ4v) is 1.83. The number of hydrogen-bond acceptors (Lipinski definition) is 3. The minimum atomic E-state index is -0.0794. The Morgan fingerprint density at radius 1 is 1.17 bits per heavy atom. The molecule has 0 aliphatic rings. The van der Waals surface area contributed by atoms with Crippen molar-refractivity contribution >= 4 is 11.6 Å². The largest absolute Gasteiger partial charge is 0.491 e. The van der Waals surface area contributed by atoms with E-state index in [-0.39, 0.29) is 12.5 Å². The molecule has 1 unspecified atom stereocenters. The average Bonchev–Trinajstić information content (AvgIpc) is 2.42. The van der Waals surface area contributed by atoms with Crippen molar-refractivity contribution in [1.82, 2.24) is 4.98 Å². The van der Waals surface area contributed by atoms with Gasteiger partial charge in [0.2, 0.25) is 0 Å². The first kappa shape index (κ1) is 12.9. The molecular formula is C14H14ClNO2. The molecule has 0 aliphatic heterocycles. The lowest BCUT2D eigenvalue weighted by atomic mass is 10.0. The molecule has 18 heavy (non-hydrogen) atoms. The van der Waals surface area contributed by atoms with Crippen molar-refractivity contribution in [3.63, 3.8) is 0 Å². The third-order valence-electron chi connectivity index (χ3n) is 2.67. The second kappa shape index (κ2) is 6.38. The highest BCUT2D eigenvalue weighted by atomic mass is 35.5. The Balaban J connectivity index is 2.02. The van der Waals surface area contributed by atoms with Crippen molar-refractivity contribution in [2.45, 2.75) is 5.92 Å². The van der Waals surface area contributed by atoms with Crippen LogP contribution >= 0.6 is 11.6 Å². The summed E-state index contributed by atoms with van der Waals surface area (Å²) in [4.78, 5) is 3.95. The molecule has 2 aromatic rings. The van der Waals surface area contributed by atoms with E-state index in [1.807, 2.05) is 30.3 Å². The van der Waals surface area contributed by atoms with Crippen LogP contribution in [0.1, 0.15) is 11.5 Å². The number of halogens is 1. The van der Waals surface area contributed by atoms with Crippen molar-refractivity contribution < 1.29 is 9.84 Å². The molecule has 0 saturated heterocycles. The molecule has 0 amide bonds. The maximum Gasteiger partial charge on any atom is 0.137 e. The third-order valence-corrected chi connectivity index (χ3v) is 2.99. The quantitative estimate of drug-likeness (QED) is 0.902. The highest BCUT2D eigenvalue weighted by Gasteiger charge is 2.12. The average molecular weight is 264 g/mol. The van der Waals surface area contributed by atoms with Gasteiger partial charge in [0.1, 0.15) is 5.75 Å². The molecule has 0 bridgehead atoms. The van der Waals surface area contributed by atoms with E-state index < -0.39 is 0 Å². The molecule has 1 atom stereocenters. The summed E-state index contributed by atoms with van der Waals surface area (Å²) in [7, 11) is 0. The number of aliphatic hydroxyl groups excluding tert-OH is 1. The van der Waals surface area contributed by atoms with Crippen LogP contribution in [0.25, 0.3) is 0 Å². The summed E-state index contributed by atoms with van der Waals surface area (Å²) in [5.41, 5.74) is 1.000. The Morgan fingerprint density at radius 2 is 1.89 bits per heavy atom. The van der Waals surface area contributed by atoms with Gasteiger partial charge in [-0.05, 0) is 29.8 Å². The van der Waals surface area contributed by atoms with Crippen molar-refractivity contribution in [2.24, 2.45) is 0 Å². The normalized spacial score (nSPS) is 12.1. The molecule has 0 fully saturated rings. The van der Waals surface area contributed by atoms with Crippen molar-refractivity contribution in [3.8, 4) is 5.75 Å². The van der Waals surface area contributed by atoms with Crippen molar-refractivity contribution in [1.29, 1.82) is 0 Å². The van der Waals surface area contributed by atoms with Gasteiger partial charge >= 0.3 is 0 Å². The van der Waals surface area contributed by atoms with Gasteiger partial charge in [0.05, 0.1) is 18.2 Å². The first-order valence-corrected chi connectivity index (χ1v) is 6.07. The van der Waals surface area contributed by atoms with Crippen LogP contribution in [0.2, 0.25) is 5.02 Å². The summed E-state index contributed by atoms with van der Waals surface area (Å²) < 4.78 is 5.63. The molecule has 0 spiro atoms. The van der Waals surface area contributed by atoms with Gasteiger partial charge in [0.15, 0.2) is 0 Å². The lowest BCUT2D eigenvalue weighted by Crippen LogP contribution is -2.14. The zero-order chi connectivity index (χ0) is 12.8. The van der Waals surface area contributed by atoms with E-state index in [1.54, 1.807) is 18.5 Å². The van der Waals surface area contributed by atoms with Crippen LogP contribution in [-0.2, 0) is 0 Å². The Kier molecular flexibility index (Phi) is 4.56. The summed E-state index contributed by atoms with van der Waals surface area (Å²) in [6, 6.07) is 11.0. The van der Waals surface area contributed by atoms with E-state index in [9.17, 15) is 5.11 Å². The molecule has 1 aromatic heterocycles. The lowest BCUT2D eigenvalue weighted by Gasteiger charge is -2.16. The molecule has 94 valence electrons. The monoisotopic (exact) mass is 263 g/mol. The van der Waals surface area contributed by atoms with Gasteiger partial charge in [-0.25, -0.2) is 0 Å². The van der Waals surface area contributed by atoms with E-state index in [1.165, 1.54) is 0 Å². The summed E-state index contributed by atoms with van der Waals surface area (Å²) in [6.45, 7) is 0.402. The maximum absolute atomic E-state index is 9.39. The number of benzene rings is 1. The van der Waals surface area contributed by atoms with Crippen LogP contribution in [0.4, 0.5) is 0 Å². The van der Waals surface area contributed by atoms with Gasteiger partial charge in [-0.3, -0.25) is 4.98 Å². The van der Waals surface area contributed by atoms with E-state index in [0.29, 0.717) is 17.4 Å². The number of aliphatic hydroxyl groups is 1. The fourth-order valence-electron chi connectivity index (χ4n) is 1.64. The molecular weight excluding hydrogens is 250 g/mol. The Morgan fingerprint density at radius 3 is 2.56 bits per heavy atom. The van der Waals surface area contributed by atoms with Crippen LogP contribution in [0.15, 0.2) is 48.8 Å². The predicted octanol–water partition coefficient (Wildman–Crippen LogP) is 2.89. The minimum absolute atomic E-state index is 0.0223. The van der Waals surface area contributed by atoms with Gasteiger partial charge < -0.3 is 9.84 Å². The van der Waals surface area contributed by atoms with Crippen molar-refractivity contribution in [2.75, 3.05) is 13.2 Å². The molecule has 0 aliphatic carbocycles. The van der Waals surface area contributed by atoms with Crippen LogP contribution in [0.5, 0.6) is 5.75 Å². The van der Waals surface area contributed by atoms with Crippen LogP contribution < -0.4 is 4.74 Å². The summed E-state index contributed by atoms with van der Waals surface area (Å²) in [6.07, 6.45) is 3.40. The first-order chi connectivity index (χ1) is 8.81. The van der Waals surface area contributed by atoms with Crippen LogP contribution in [0.3, 0.4) is 0 Å². The Hall–Kier alpha value is -1.58. The van der Waals surface area contributed by atoms with E-state index in [2.05, 4.69) is 4.98 Å². The van der Waals surface area contributed by atoms with Gasteiger partial charge in [-0.2, -0.15) is 0 Å². The second-order valence-electron chi connectivity index (χ2n) is 3.90. The van der Waals surface area contributed by atoms with Crippen molar-refractivity contribution in [3.05, 3.63) is 59.4 Å². The molecule has 1 heterocycles. The first-order valence-electron chi connectivity index (χ1n) is 5.69. The number of ether oxygens (including phenoxy) is 1. The fraction of sp³-hybridized carbons (Fsp3) is 0.214. The van der Waals surface area contributed by atoms with Gasteiger partial charge in [0, 0.05) is 18.3 Å². The number of aromatic nitrogens is 1. The molecule has 0 radical (unpaired) electrons. The van der Waals surface area contributed by atoms with Gasteiger partial charge in [-0.1, -0.05) is 23.7 Å². The zero-order valence-electron chi connectivity index (χ0n) is 9.79. The number of rotatable bonds is 5. The topological polar surface area (TPSA) is 42.4 Å². The molecule has 1 aromatic carbocycles. The standard InChI is InChI=1S/C14H14ClNO2/c15-13-3-1-2-4-14(13)18-10-12(9-17)11-5-7-16-8-6-11/h1-8,12,17H,9-10H2. The maximum atomic E-state index is 9.39. The highest BCUT2D eigenvalue weighted by molar-refractivity contribution is 6.32. The van der Waals surface area contributed by atoms with E-state index in [0.717, 1.165) is 5.56 Å². The lowest BCUT2D eigenvalue weighted by molar-refractivity contribution is 0.205. The summed E-state index contributed by atoms with van der Waals surface area (Å²) in [5, 5.41) is 9.97. The number of pyridine rings is 1. The zero-order valence-corrected chi connectivity index (χ0v) is 10.5. The molecule has 3 nitrogen and oxygen atoms in total. The molecule has 0 saturated carbocycles. The second-order valence-corrected chi connectivity index (χ2v) is 4.31. The number of nitrogens with zero attached hydrogens (tertiary/aromatic N) is 1. The number of hydrogen-bond donors (Lipinski definition) is 1. The van der Waals surface area contributed by atoms with Crippen LogP contribution in [0, 0.1) is 0 Å². The SMILES string of the molecule is OCC(COc1ccccc1Cl)c1ccncc1. The Labute approximate surface area is 111 Å². The number of para-hydroxylation sites is 1.